The number of carbonyl (C=O) groups is 2. The molecule has 16 heavy (non-hydrogen) atoms. The molecular formula is C9H10F3NO3. The molecule has 2 aliphatic rings. The lowest BCUT2D eigenvalue weighted by Crippen LogP contribution is -2.35. The molecule has 90 valence electrons. The smallest absolute Gasteiger partial charge is 0.397 e. The van der Waals surface area contributed by atoms with Gasteiger partial charge in [-0.3, -0.25) is 9.59 Å². The lowest BCUT2D eigenvalue weighted by atomic mass is 9.96. The molecule has 0 spiro atoms. The van der Waals surface area contributed by atoms with E-state index in [4.69, 9.17) is 5.11 Å². The van der Waals surface area contributed by atoms with E-state index in [9.17, 15) is 22.8 Å². The van der Waals surface area contributed by atoms with Crippen LogP contribution in [0.5, 0.6) is 0 Å². The Morgan fingerprint density at radius 2 is 1.88 bits per heavy atom. The molecule has 1 saturated heterocycles. The van der Waals surface area contributed by atoms with Gasteiger partial charge in [0.1, 0.15) is 10.8 Å². The second-order valence-corrected chi connectivity index (χ2v) is 4.52. The molecule has 0 radical (unpaired) electrons. The van der Waals surface area contributed by atoms with Crippen LogP contribution >= 0.6 is 0 Å². The molecule has 1 heterocycles. The summed E-state index contributed by atoms with van der Waals surface area (Å²) in [6.07, 6.45) is -4.99. The van der Waals surface area contributed by atoms with E-state index in [0.29, 0.717) is 0 Å². The van der Waals surface area contributed by atoms with Crippen LogP contribution in [0.3, 0.4) is 0 Å². The number of rotatable bonds is 1. The highest BCUT2D eigenvalue weighted by molar-refractivity contribution is 5.84. The van der Waals surface area contributed by atoms with Gasteiger partial charge in [0.15, 0.2) is 0 Å². The quantitative estimate of drug-likeness (QED) is 0.736. The normalized spacial score (nSPS) is 37.1. The summed E-state index contributed by atoms with van der Waals surface area (Å²) in [4.78, 5) is 22.9. The number of piperidine rings is 1. The molecule has 0 aromatic carbocycles. The van der Waals surface area contributed by atoms with Crippen LogP contribution in [0.15, 0.2) is 0 Å². The Labute approximate surface area is 89.0 Å². The number of likely N-dealkylation sites (tertiary alicyclic amines) is 1. The molecule has 2 rings (SSSR count). The summed E-state index contributed by atoms with van der Waals surface area (Å²) < 4.78 is 38.5. The molecule has 7 heteroatoms. The van der Waals surface area contributed by atoms with Gasteiger partial charge in [-0.2, -0.15) is 13.2 Å². The standard InChI is InChI=1S/C9H10F3NO3/c1-5(14)13-3-7(6(15)16)2-8(7,4-13)9(10,11)12/h2-4H2,1H3,(H,15,16)/t7-,8-/m1/s1. The van der Waals surface area contributed by atoms with Crippen molar-refractivity contribution in [2.24, 2.45) is 10.8 Å². The van der Waals surface area contributed by atoms with Crippen molar-refractivity contribution in [1.29, 1.82) is 0 Å². The van der Waals surface area contributed by atoms with Crippen LogP contribution in [0, 0.1) is 10.8 Å². The zero-order valence-corrected chi connectivity index (χ0v) is 8.47. The van der Waals surface area contributed by atoms with E-state index in [2.05, 4.69) is 0 Å². The molecule has 4 nitrogen and oxygen atoms in total. The number of fused-ring (bicyclic) bond motifs is 1. The van der Waals surface area contributed by atoms with Crippen LogP contribution in [0.2, 0.25) is 0 Å². The predicted octanol–water partition coefficient (Wildman–Crippen LogP) is 0.872. The van der Waals surface area contributed by atoms with Crippen LogP contribution in [-0.2, 0) is 9.59 Å². The van der Waals surface area contributed by atoms with E-state index in [-0.39, 0.29) is 6.54 Å². The third kappa shape index (κ3) is 1.06. The summed E-state index contributed by atoms with van der Waals surface area (Å²) in [7, 11) is 0. The maximum Gasteiger partial charge on any atom is 0.397 e. The number of hydrogen-bond donors (Lipinski definition) is 1. The number of nitrogens with zero attached hydrogens (tertiary/aromatic N) is 1. The Balaban J connectivity index is 2.36. The highest BCUT2D eigenvalue weighted by atomic mass is 19.4. The maximum atomic E-state index is 12.8. The lowest BCUT2D eigenvalue weighted by Gasteiger charge is -2.20. The van der Waals surface area contributed by atoms with Crippen LogP contribution < -0.4 is 0 Å². The van der Waals surface area contributed by atoms with Gasteiger partial charge in [0.2, 0.25) is 5.91 Å². The summed E-state index contributed by atoms with van der Waals surface area (Å²) in [5.74, 6) is -1.98. The zero-order valence-electron chi connectivity index (χ0n) is 8.47. The van der Waals surface area contributed by atoms with E-state index in [0.717, 1.165) is 11.8 Å². The molecule has 1 N–H and O–H groups in total. The van der Waals surface area contributed by atoms with Crippen LogP contribution in [0.25, 0.3) is 0 Å². The van der Waals surface area contributed by atoms with E-state index in [1.54, 1.807) is 0 Å². The summed E-state index contributed by atoms with van der Waals surface area (Å²) in [5.41, 5.74) is -4.03. The minimum Gasteiger partial charge on any atom is -0.481 e. The van der Waals surface area contributed by atoms with Crippen molar-refractivity contribution in [3.05, 3.63) is 0 Å². The fourth-order valence-electron chi connectivity index (χ4n) is 2.62. The molecule has 0 unspecified atom stereocenters. The summed E-state index contributed by atoms with van der Waals surface area (Å²) in [6, 6.07) is 0. The minimum absolute atomic E-state index is 0.336. The molecule has 2 fully saturated rings. The number of halogens is 3. The molecule has 0 bridgehead atoms. The molecular weight excluding hydrogens is 227 g/mol. The summed E-state index contributed by atoms with van der Waals surface area (Å²) in [6.45, 7) is 0.277. The molecule has 2 atom stereocenters. The zero-order chi connectivity index (χ0) is 12.4. The van der Waals surface area contributed by atoms with Crippen LogP contribution in [-0.4, -0.2) is 41.1 Å². The van der Waals surface area contributed by atoms with Gasteiger partial charge in [0.25, 0.3) is 0 Å². The highest BCUT2D eigenvalue weighted by Gasteiger charge is 2.87. The van der Waals surface area contributed by atoms with Gasteiger partial charge in [0.05, 0.1) is 0 Å². The van der Waals surface area contributed by atoms with E-state index in [1.165, 1.54) is 0 Å². The first kappa shape index (κ1) is 11.2. The van der Waals surface area contributed by atoms with Gasteiger partial charge < -0.3 is 10.0 Å². The first-order chi connectivity index (χ1) is 7.16. The average Bonchev–Trinajstić information content (AvgIpc) is 2.65. The van der Waals surface area contributed by atoms with Crippen molar-refractivity contribution in [3.63, 3.8) is 0 Å². The average molecular weight is 237 g/mol. The summed E-state index contributed by atoms with van der Waals surface area (Å²) in [5, 5.41) is 8.90. The third-order valence-electron chi connectivity index (χ3n) is 3.71. The van der Waals surface area contributed by atoms with Gasteiger partial charge in [-0.05, 0) is 6.42 Å². The fraction of sp³-hybridized carbons (Fsp3) is 0.778. The Bertz CT molecular complexity index is 381. The number of aliphatic carboxylic acids is 1. The van der Waals surface area contributed by atoms with Crippen molar-refractivity contribution in [1.82, 2.24) is 4.90 Å². The second kappa shape index (κ2) is 2.70. The first-order valence-electron chi connectivity index (χ1n) is 4.72. The molecule has 1 aliphatic carbocycles. The van der Waals surface area contributed by atoms with Gasteiger partial charge in [0, 0.05) is 20.0 Å². The minimum atomic E-state index is -4.57. The van der Waals surface area contributed by atoms with Gasteiger partial charge in [-0.25, -0.2) is 0 Å². The second-order valence-electron chi connectivity index (χ2n) is 4.52. The van der Waals surface area contributed by atoms with Crippen molar-refractivity contribution < 1.29 is 27.9 Å². The number of hydrogen-bond acceptors (Lipinski definition) is 2. The van der Waals surface area contributed by atoms with Crippen molar-refractivity contribution in [2.75, 3.05) is 13.1 Å². The monoisotopic (exact) mass is 237 g/mol. The van der Waals surface area contributed by atoms with Crippen LogP contribution in [0.4, 0.5) is 13.2 Å². The topological polar surface area (TPSA) is 57.6 Å². The molecule has 1 aliphatic heterocycles. The maximum absolute atomic E-state index is 12.8. The van der Waals surface area contributed by atoms with Crippen molar-refractivity contribution in [2.45, 2.75) is 19.5 Å². The van der Waals surface area contributed by atoms with Crippen molar-refractivity contribution in [3.8, 4) is 0 Å². The molecule has 0 aromatic heterocycles. The highest BCUT2D eigenvalue weighted by Crippen LogP contribution is 2.74. The Hall–Kier alpha value is -1.27. The number of carbonyl (C=O) groups excluding carboxylic acids is 1. The summed E-state index contributed by atoms with van der Waals surface area (Å²) >= 11 is 0. The van der Waals surface area contributed by atoms with E-state index < -0.39 is 41.8 Å². The van der Waals surface area contributed by atoms with Gasteiger partial charge >= 0.3 is 12.1 Å². The SMILES string of the molecule is CC(=O)N1C[C@@]2(C(=O)O)C[C@@]2(C(F)(F)F)C1. The van der Waals surface area contributed by atoms with Crippen molar-refractivity contribution >= 4 is 11.9 Å². The largest absolute Gasteiger partial charge is 0.481 e. The lowest BCUT2D eigenvalue weighted by molar-refractivity contribution is -0.196. The number of carboxylic acid groups (broad SMARTS) is 1. The number of amides is 1. The predicted molar refractivity (Wildman–Crippen MR) is 45.4 cm³/mol. The van der Waals surface area contributed by atoms with E-state index in [1.807, 2.05) is 0 Å². The van der Waals surface area contributed by atoms with Gasteiger partial charge in [-0.15, -0.1) is 0 Å². The Morgan fingerprint density at radius 1 is 1.31 bits per heavy atom. The molecule has 1 saturated carbocycles. The third-order valence-corrected chi connectivity index (χ3v) is 3.71. The first-order valence-corrected chi connectivity index (χ1v) is 4.72. The molecule has 1 amide bonds. The van der Waals surface area contributed by atoms with E-state index >= 15 is 0 Å². The fourth-order valence-corrected chi connectivity index (χ4v) is 2.62. The van der Waals surface area contributed by atoms with Crippen LogP contribution in [0.1, 0.15) is 13.3 Å². The number of alkyl halides is 3. The Morgan fingerprint density at radius 3 is 2.19 bits per heavy atom. The number of carboxylic acids is 1. The molecule has 0 aromatic rings. The van der Waals surface area contributed by atoms with Gasteiger partial charge in [-0.1, -0.05) is 0 Å². The Kier molecular flexibility index (Phi) is 1.89.